The third-order valence-electron chi connectivity index (χ3n) is 3.64. The molecule has 1 N–H and O–H groups in total. The highest BCUT2D eigenvalue weighted by atomic mass is 35.5. The summed E-state index contributed by atoms with van der Waals surface area (Å²) in [5.41, 5.74) is 2.72. The van der Waals surface area contributed by atoms with Gasteiger partial charge in [-0.25, -0.2) is 9.18 Å². The number of hydrogen-bond acceptors (Lipinski definition) is 1. The highest BCUT2D eigenvalue weighted by Crippen LogP contribution is 2.24. The van der Waals surface area contributed by atoms with Crippen LogP contribution >= 0.6 is 23.2 Å². The molecule has 1 heterocycles. The van der Waals surface area contributed by atoms with Crippen LogP contribution < -0.4 is 5.32 Å². The van der Waals surface area contributed by atoms with Gasteiger partial charge in [-0.3, -0.25) is 0 Å². The van der Waals surface area contributed by atoms with Crippen LogP contribution in [-0.2, 0) is 13.0 Å². The molecule has 1 aliphatic rings. The van der Waals surface area contributed by atoms with Crippen molar-refractivity contribution in [2.24, 2.45) is 0 Å². The summed E-state index contributed by atoms with van der Waals surface area (Å²) in [6.45, 7) is 1.13. The second kappa shape index (κ2) is 6.15. The number of rotatable bonds is 1. The molecule has 22 heavy (non-hydrogen) atoms. The molecule has 0 saturated carbocycles. The van der Waals surface area contributed by atoms with E-state index in [0.717, 1.165) is 12.0 Å². The topological polar surface area (TPSA) is 32.3 Å². The lowest BCUT2D eigenvalue weighted by Crippen LogP contribution is -2.38. The third-order valence-corrected chi connectivity index (χ3v) is 4.16. The molecule has 0 aromatic heterocycles. The van der Waals surface area contributed by atoms with Crippen LogP contribution in [0.25, 0.3) is 0 Å². The number of fused-ring (bicyclic) bond motifs is 1. The van der Waals surface area contributed by atoms with Crippen LogP contribution in [0.5, 0.6) is 0 Å². The van der Waals surface area contributed by atoms with Gasteiger partial charge in [-0.1, -0.05) is 29.3 Å². The molecule has 0 atom stereocenters. The number of halogens is 3. The Balaban J connectivity index is 1.71. The molecule has 3 rings (SSSR count). The van der Waals surface area contributed by atoms with E-state index in [-0.39, 0.29) is 11.1 Å². The number of anilines is 1. The first-order valence-electron chi connectivity index (χ1n) is 6.81. The predicted molar refractivity (Wildman–Crippen MR) is 86.0 cm³/mol. The molecule has 2 amide bonds. The van der Waals surface area contributed by atoms with Gasteiger partial charge < -0.3 is 10.2 Å². The van der Waals surface area contributed by atoms with Crippen molar-refractivity contribution in [2.75, 3.05) is 11.9 Å². The van der Waals surface area contributed by atoms with Crippen molar-refractivity contribution in [3.8, 4) is 0 Å². The number of nitrogens with one attached hydrogen (secondary N) is 1. The summed E-state index contributed by atoms with van der Waals surface area (Å²) < 4.78 is 13.1. The Morgan fingerprint density at radius 3 is 2.73 bits per heavy atom. The molecule has 0 spiro atoms. The van der Waals surface area contributed by atoms with Crippen molar-refractivity contribution < 1.29 is 9.18 Å². The van der Waals surface area contributed by atoms with Crippen molar-refractivity contribution >= 4 is 34.9 Å². The molecule has 1 aliphatic heterocycles. The molecule has 0 unspecified atom stereocenters. The maximum atomic E-state index is 13.1. The van der Waals surface area contributed by atoms with E-state index in [9.17, 15) is 9.18 Å². The Morgan fingerprint density at radius 1 is 1.14 bits per heavy atom. The SMILES string of the molecule is O=C(Nc1ccc(F)c(Cl)c1)N1CCc2cc(Cl)ccc2C1. The largest absolute Gasteiger partial charge is 0.322 e. The second-order valence-electron chi connectivity index (χ2n) is 5.14. The number of urea groups is 1. The average Bonchev–Trinajstić information content (AvgIpc) is 2.50. The lowest BCUT2D eigenvalue weighted by molar-refractivity contribution is 0.206. The standard InChI is InChI=1S/C16H13Cl2FN2O/c17-12-2-1-11-9-21(6-5-10(11)7-12)16(22)20-13-3-4-15(19)14(18)8-13/h1-4,7-8H,5-6,9H2,(H,20,22). The molecule has 0 saturated heterocycles. The molecule has 3 nitrogen and oxygen atoms in total. The normalized spacial score (nSPS) is 13.7. The van der Waals surface area contributed by atoms with Gasteiger partial charge in [0, 0.05) is 23.8 Å². The van der Waals surface area contributed by atoms with Crippen LogP contribution in [0.15, 0.2) is 36.4 Å². The molecular weight excluding hydrogens is 326 g/mol. The van der Waals surface area contributed by atoms with E-state index in [0.29, 0.717) is 23.8 Å². The summed E-state index contributed by atoms with van der Waals surface area (Å²) in [7, 11) is 0. The molecular formula is C16H13Cl2FN2O. The lowest BCUT2D eigenvalue weighted by atomic mass is 10.0. The Labute approximate surface area is 137 Å². The maximum absolute atomic E-state index is 13.1. The van der Waals surface area contributed by atoms with Crippen LogP contribution in [-0.4, -0.2) is 17.5 Å². The highest BCUT2D eigenvalue weighted by Gasteiger charge is 2.21. The Bertz CT molecular complexity index is 736. The average molecular weight is 339 g/mol. The van der Waals surface area contributed by atoms with Crippen molar-refractivity contribution in [3.05, 3.63) is 63.4 Å². The van der Waals surface area contributed by atoms with Crippen molar-refractivity contribution in [3.63, 3.8) is 0 Å². The van der Waals surface area contributed by atoms with E-state index in [4.69, 9.17) is 23.2 Å². The summed E-state index contributed by atoms with van der Waals surface area (Å²) in [6, 6.07) is 9.57. The van der Waals surface area contributed by atoms with Gasteiger partial charge in [-0.2, -0.15) is 0 Å². The lowest BCUT2D eigenvalue weighted by Gasteiger charge is -2.29. The molecule has 0 bridgehead atoms. The Kier molecular flexibility index (Phi) is 4.23. The predicted octanol–water partition coefficient (Wildman–Crippen LogP) is 4.72. The van der Waals surface area contributed by atoms with Gasteiger partial charge in [0.25, 0.3) is 0 Å². The molecule has 2 aromatic carbocycles. The van der Waals surface area contributed by atoms with E-state index in [1.54, 1.807) is 4.90 Å². The van der Waals surface area contributed by atoms with Crippen LogP contribution in [0.4, 0.5) is 14.9 Å². The summed E-state index contributed by atoms with van der Waals surface area (Å²) in [5.74, 6) is -0.511. The summed E-state index contributed by atoms with van der Waals surface area (Å²) in [6.07, 6.45) is 0.757. The quantitative estimate of drug-likeness (QED) is 0.801. The fourth-order valence-electron chi connectivity index (χ4n) is 2.47. The zero-order valence-corrected chi connectivity index (χ0v) is 13.1. The fraction of sp³-hybridized carbons (Fsp3) is 0.188. The van der Waals surface area contributed by atoms with Crippen LogP contribution in [0.3, 0.4) is 0 Å². The van der Waals surface area contributed by atoms with Crippen molar-refractivity contribution in [2.45, 2.75) is 13.0 Å². The third kappa shape index (κ3) is 3.18. The molecule has 6 heteroatoms. The molecule has 0 aliphatic carbocycles. The maximum Gasteiger partial charge on any atom is 0.322 e. The van der Waals surface area contributed by atoms with Gasteiger partial charge in [0.2, 0.25) is 0 Å². The highest BCUT2D eigenvalue weighted by molar-refractivity contribution is 6.31. The van der Waals surface area contributed by atoms with Gasteiger partial charge in [-0.15, -0.1) is 0 Å². The van der Waals surface area contributed by atoms with Crippen molar-refractivity contribution in [1.82, 2.24) is 4.90 Å². The smallest absolute Gasteiger partial charge is 0.320 e. The molecule has 0 fully saturated rings. The van der Waals surface area contributed by atoms with E-state index in [1.807, 2.05) is 18.2 Å². The van der Waals surface area contributed by atoms with Gasteiger partial charge in [-0.05, 0) is 47.9 Å². The van der Waals surface area contributed by atoms with E-state index < -0.39 is 5.82 Å². The number of nitrogens with zero attached hydrogens (tertiary/aromatic N) is 1. The van der Waals surface area contributed by atoms with Crippen LogP contribution in [0.2, 0.25) is 10.0 Å². The first-order valence-corrected chi connectivity index (χ1v) is 7.57. The van der Waals surface area contributed by atoms with Gasteiger partial charge in [0.1, 0.15) is 5.82 Å². The van der Waals surface area contributed by atoms with Crippen molar-refractivity contribution in [1.29, 1.82) is 0 Å². The zero-order chi connectivity index (χ0) is 15.7. The number of carbonyl (C=O) groups excluding carboxylic acids is 1. The number of benzene rings is 2. The minimum absolute atomic E-state index is 0.0172. The fourth-order valence-corrected chi connectivity index (χ4v) is 2.85. The van der Waals surface area contributed by atoms with Crippen LogP contribution in [0, 0.1) is 5.82 Å². The number of hydrogen-bond donors (Lipinski definition) is 1. The minimum atomic E-state index is -0.511. The Hall–Kier alpha value is -1.78. The minimum Gasteiger partial charge on any atom is -0.320 e. The number of amides is 2. The molecule has 2 aromatic rings. The molecule has 114 valence electrons. The Morgan fingerprint density at radius 2 is 1.95 bits per heavy atom. The summed E-state index contributed by atoms with van der Waals surface area (Å²) >= 11 is 11.7. The van der Waals surface area contributed by atoms with E-state index in [2.05, 4.69) is 5.32 Å². The van der Waals surface area contributed by atoms with Crippen LogP contribution in [0.1, 0.15) is 11.1 Å². The number of carbonyl (C=O) groups is 1. The van der Waals surface area contributed by atoms with Gasteiger partial charge in [0.05, 0.1) is 5.02 Å². The molecule has 0 radical (unpaired) electrons. The first kappa shape index (κ1) is 15.1. The van der Waals surface area contributed by atoms with Gasteiger partial charge >= 0.3 is 6.03 Å². The first-order chi connectivity index (χ1) is 10.5. The second-order valence-corrected chi connectivity index (χ2v) is 5.99. The monoisotopic (exact) mass is 338 g/mol. The summed E-state index contributed by atoms with van der Waals surface area (Å²) in [4.78, 5) is 14.0. The van der Waals surface area contributed by atoms with E-state index >= 15 is 0 Å². The van der Waals surface area contributed by atoms with E-state index in [1.165, 1.54) is 23.8 Å². The summed E-state index contributed by atoms with van der Waals surface area (Å²) in [5, 5.41) is 3.42. The van der Waals surface area contributed by atoms with Gasteiger partial charge in [0.15, 0.2) is 0 Å². The zero-order valence-electron chi connectivity index (χ0n) is 11.6.